The lowest BCUT2D eigenvalue weighted by atomic mass is 10.1. The summed E-state index contributed by atoms with van der Waals surface area (Å²) >= 11 is 10.0. The van der Waals surface area contributed by atoms with Gasteiger partial charge in [0, 0.05) is 4.47 Å². The summed E-state index contributed by atoms with van der Waals surface area (Å²) in [5.74, 6) is 2.44. The van der Waals surface area contributed by atoms with Crippen molar-refractivity contribution >= 4 is 27.5 Å². The molecule has 1 aliphatic carbocycles. The van der Waals surface area contributed by atoms with Gasteiger partial charge in [0.1, 0.15) is 13.2 Å². The van der Waals surface area contributed by atoms with E-state index in [-0.39, 0.29) is 5.38 Å². The first-order chi connectivity index (χ1) is 8.24. The highest BCUT2D eigenvalue weighted by atomic mass is 79.9. The molecule has 1 saturated carbocycles. The molecule has 0 spiro atoms. The third-order valence-electron chi connectivity index (χ3n) is 3.24. The molecule has 1 heterocycles. The fraction of sp³-hybridized carbons (Fsp3) is 0.538. The second-order valence-electron chi connectivity index (χ2n) is 4.66. The van der Waals surface area contributed by atoms with Gasteiger partial charge in [-0.15, -0.1) is 11.6 Å². The molecular formula is C13H14BrClO2. The Morgan fingerprint density at radius 1 is 1.24 bits per heavy atom. The zero-order valence-electron chi connectivity index (χ0n) is 9.42. The van der Waals surface area contributed by atoms with Crippen LogP contribution in [0.15, 0.2) is 16.6 Å². The molecule has 1 unspecified atom stereocenters. The van der Waals surface area contributed by atoms with E-state index in [1.165, 1.54) is 12.8 Å². The number of halogens is 2. The van der Waals surface area contributed by atoms with E-state index in [9.17, 15) is 0 Å². The van der Waals surface area contributed by atoms with Crippen LogP contribution in [0.2, 0.25) is 0 Å². The average molecular weight is 318 g/mol. The van der Waals surface area contributed by atoms with E-state index in [1.807, 2.05) is 12.1 Å². The number of rotatable bonds is 3. The molecule has 92 valence electrons. The van der Waals surface area contributed by atoms with Gasteiger partial charge in [-0.3, -0.25) is 0 Å². The summed E-state index contributed by atoms with van der Waals surface area (Å²) in [7, 11) is 0. The van der Waals surface area contributed by atoms with Gasteiger partial charge in [-0.2, -0.15) is 0 Å². The monoisotopic (exact) mass is 316 g/mol. The van der Waals surface area contributed by atoms with Crippen molar-refractivity contribution in [3.63, 3.8) is 0 Å². The Hall–Kier alpha value is -0.410. The zero-order valence-corrected chi connectivity index (χ0v) is 11.8. The Balaban J connectivity index is 1.87. The van der Waals surface area contributed by atoms with Gasteiger partial charge in [0.05, 0.1) is 5.38 Å². The van der Waals surface area contributed by atoms with Gasteiger partial charge in [-0.05, 0) is 30.0 Å². The summed E-state index contributed by atoms with van der Waals surface area (Å²) in [5.41, 5.74) is 1.11. The van der Waals surface area contributed by atoms with Crippen molar-refractivity contribution in [1.82, 2.24) is 0 Å². The summed E-state index contributed by atoms with van der Waals surface area (Å²) in [5, 5.41) is 0.0627. The predicted octanol–water partition coefficient (Wildman–Crippen LogP) is 4.30. The lowest BCUT2D eigenvalue weighted by Gasteiger charge is -2.21. The minimum atomic E-state index is 0.0627. The predicted molar refractivity (Wildman–Crippen MR) is 71.1 cm³/mol. The van der Waals surface area contributed by atoms with Crippen LogP contribution in [0.3, 0.4) is 0 Å². The van der Waals surface area contributed by atoms with Gasteiger partial charge in [0.25, 0.3) is 0 Å². The van der Waals surface area contributed by atoms with Crippen LogP contribution in [0.25, 0.3) is 0 Å². The summed E-state index contributed by atoms with van der Waals surface area (Å²) in [6, 6.07) is 3.98. The van der Waals surface area contributed by atoms with Crippen molar-refractivity contribution in [3.8, 4) is 11.5 Å². The Kier molecular flexibility index (Phi) is 3.22. The Labute approximate surface area is 114 Å². The summed E-state index contributed by atoms with van der Waals surface area (Å²) < 4.78 is 12.1. The van der Waals surface area contributed by atoms with Crippen LogP contribution >= 0.6 is 27.5 Å². The first-order valence-corrected chi connectivity index (χ1v) is 7.20. The molecule has 1 fully saturated rings. The van der Waals surface area contributed by atoms with Crippen LogP contribution in [-0.2, 0) is 0 Å². The van der Waals surface area contributed by atoms with Crippen molar-refractivity contribution < 1.29 is 9.47 Å². The highest BCUT2D eigenvalue weighted by molar-refractivity contribution is 9.10. The van der Waals surface area contributed by atoms with Crippen LogP contribution in [0.1, 0.15) is 30.2 Å². The van der Waals surface area contributed by atoms with Crippen molar-refractivity contribution in [1.29, 1.82) is 0 Å². The first kappa shape index (κ1) is 11.7. The number of alkyl halides is 1. The molecule has 1 aliphatic heterocycles. The van der Waals surface area contributed by atoms with E-state index in [4.69, 9.17) is 21.1 Å². The number of benzene rings is 1. The molecule has 0 radical (unpaired) electrons. The maximum absolute atomic E-state index is 6.46. The van der Waals surface area contributed by atoms with E-state index in [2.05, 4.69) is 15.9 Å². The molecule has 3 rings (SSSR count). The normalized spacial score (nSPS) is 20.1. The Morgan fingerprint density at radius 3 is 2.53 bits per heavy atom. The Bertz CT molecular complexity index is 432. The molecular weight excluding hydrogens is 303 g/mol. The largest absolute Gasteiger partial charge is 0.486 e. The number of hydrogen-bond acceptors (Lipinski definition) is 2. The quantitative estimate of drug-likeness (QED) is 0.774. The van der Waals surface area contributed by atoms with Crippen LogP contribution in [0.4, 0.5) is 0 Å². The smallest absolute Gasteiger partial charge is 0.162 e. The van der Waals surface area contributed by atoms with E-state index in [0.29, 0.717) is 13.2 Å². The maximum atomic E-state index is 6.46. The summed E-state index contributed by atoms with van der Waals surface area (Å²) in [6.07, 6.45) is 3.70. The van der Waals surface area contributed by atoms with E-state index in [1.54, 1.807) is 0 Å². The minimum Gasteiger partial charge on any atom is -0.486 e. The summed E-state index contributed by atoms with van der Waals surface area (Å²) in [4.78, 5) is 0. The zero-order chi connectivity index (χ0) is 11.8. The van der Waals surface area contributed by atoms with Crippen molar-refractivity contribution in [2.75, 3.05) is 13.2 Å². The van der Waals surface area contributed by atoms with Crippen LogP contribution in [0.5, 0.6) is 11.5 Å². The molecule has 1 aromatic carbocycles. The van der Waals surface area contributed by atoms with Gasteiger partial charge >= 0.3 is 0 Å². The second kappa shape index (κ2) is 4.69. The molecule has 17 heavy (non-hydrogen) atoms. The molecule has 1 aromatic rings. The number of fused-ring (bicyclic) bond motifs is 1. The van der Waals surface area contributed by atoms with E-state index < -0.39 is 0 Å². The lowest BCUT2D eigenvalue weighted by Crippen LogP contribution is -2.15. The third-order valence-corrected chi connectivity index (χ3v) is 4.34. The van der Waals surface area contributed by atoms with Gasteiger partial charge in [-0.25, -0.2) is 0 Å². The fourth-order valence-electron chi connectivity index (χ4n) is 2.09. The minimum absolute atomic E-state index is 0.0627. The number of hydrogen-bond donors (Lipinski definition) is 0. The van der Waals surface area contributed by atoms with Crippen LogP contribution in [-0.4, -0.2) is 13.2 Å². The average Bonchev–Trinajstić information content (AvgIpc) is 3.12. The first-order valence-electron chi connectivity index (χ1n) is 5.97. The topological polar surface area (TPSA) is 18.5 Å². The molecule has 0 N–H and O–H groups in total. The standard InChI is InChI=1S/C13H14BrClO2/c14-10-7-13-12(16-3-4-17-13)6-9(10)11(15)5-8-1-2-8/h6-8,11H,1-5H2. The van der Waals surface area contributed by atoms with Gasteiger partial charge < -0.3 is 9.47 Å². The van der Waals surface area contributed by atoms with Crippen molar-refractivity contribution in [2.45, 2.75) is 24.6 Å². The molecule has 0 aromatic heterocycles. The molecule has 1 atom stereocenters. The molecule has 0 bridgehead atoms. The van der Waals surface area contributed by atoms with Crippen molar-refractivity contribution in [3.05, 3.63) is 22.2 Å². The lowest BCUT2D eigenvalue weighted by molar-refractivity contribution is 0.171. The highest BCUT2D eigenvalue weighted by Crippen LogP contribution is 2.45. The SMILES string of the molecule is ClC(CC1CC1)c1cc2c(cc1Br)OCCO2. The van der Waals surface area contributed by atoms with Gasteiger partial charge in [-0.1, -0.05) is 28.8 Å². The van der Waals surface area contributed by atoms with E-state index >= 15 is 0 Å². The second-order valence-corrected chi connectivity index (χ2v) is 6.05. The molecule has 2 aliphatic rings. The van der Waals surface area contributed by atoms with Crippen molar-refractivity contribution in [2.24, 2.45) is 5.92 Å². The fourth-order valence-corrected chi connectivity index (χ4v) is 3.26. The van der Waals surface area contributed by atoms with Crippen LogP contribution in [0, 0.1) is 5.92 Å². The molecule has 0 saturated heterocycles. The Morgan fingerprint density at radius 2 is 1.88 bits per heavy atom. The third kappa shape index (κ3) is 2.55. The maximum Gasteiger partial charge on any atom is 0.162 e. The molecule has 4 heteroatoms. The number of ether oxygens (including phenoxy) is 2. The molecule has 2 nitrogen and oxygen atoms in total. The van der Waals surface area contributed by atoms with E-state index in [0.717, 1.165) is 33.9 Å². The highest BCUT2D eigenvalue weighted by Gasteiger charge is 2.27. The summed E-state index contributed by atoms with van der Waals surface area (Å²) in [6.45, 7) is 1.23. The molecule has 0 amide bonds. The van der Waals surface area contributed by atoms with Gasteiger partial charge in [0.2, 0.25) is 0 Å². The van der Waals surface area contributed by atoms with Crippen LogP contribution < -0.4 is 9.47 Å². The van der Waals surface area contributed by atoms with Gasteiger partial charge in [0.15, 0.2) is 11.5 Å².